The van der Waals surface area contributed by atoms with E-state index in [1.807, 2.05) is 19.9 Å². The topological polar surface area (TPSA) is 79.9 Å². The van der Waals surface area contributed by atoms with Crippen molar-refractivity contribution in [3.8, 4) is 5.88 Å². The van der Waals surface area contributed by atoms with Gasteiger partial charge in [0, 0.05) is 24.0 Å². The van der Waals surface area contributed by atoms with Gasteiger partial charge in [-0.1, -0.05) is 19.9 Å². The predicted molar refractivity (Wildman–Crippen MR) is 74.6 cm³/mol. The summed E-state index contributed by atoms with van der Waals surface area (Å²) >= 11 is 0. The maximum atomic E-state index is 12.0. The molecular weight excluding hydrogens is 256 g/mol. The minimum Gasteiger partial charge on any atom is -0.481 e. The van der Waals surface area contributed by atoms with E-state index >= 15 is 0 Å². The van der Waals surface area contributed by atoms with E-state index in [2.05, 4.69) is 20.5 Å². The van der Waals surface area contributed by atoms with Gasteiger partial charge in [0.1, 0.15) is 5.69 Å². The van der Waals surface area contributed by atoms with Crippen LogP contribution in [0.4, 0.5) is 0 Å². The summed E-state index contributed by atoms with van der Waals surface area (Å²) in [5, 5.41) is 9.67. The van der Waals surface area contributed by atoms with E-state index in [1.165, 1.54) is 0 Å². The molecule has 0 aromatic carbocycles. The van der Waals surface area contributed by atoms with Gasteiger partial charge in [-0.3, -0.25) is 9.89 Å². The quantitative estimate of drug-likeness (QED) is 0.872. The van der Waals surface area contributed by atoms with Gasteiger partial charge < -0.3 is 10.1 Å². The lowest BCUT2D eigenvalue weighted by molar-refractivity contribution is 0.0945. The van der Waals surface area contributed by atoms with E-state index in [9.17, 15) is 4.79 Å². The van der Waals surface area contributed by atoms with Crippen LogP contribution in [0.3, 0.4) is 0 Å². The monoisotopic (exact) mass is 274 g/mol. The third-order valence-corrected chi connectivity index (χ3v) is 2.94. The highest BCUT2D eigenvalue weighted by atomic mass is 16.5. The Bertz CT molecular complexity index is 592. The number of H-pyrrole nitrogens is 1. The molecule has 2 N–H and O–H groups in total. The molecule has 0 spiro atoms. The number of carbonyl (C=O) groups excluding carboxylic acids is 1. The number of hydrogen-bond donors (Lipinski definition) is 2. The summed E-state index contributed by atoms with van der Waals surface area (Å²) in [4.78, 5) is 16.1. The van der Waals surface area contributed by atoms with Crippen molar-refractivity contribution in [1.29, 1.82) is 0 Å². The first kappa shape index (κ1) is 14.0. The first-order chi connectivity index (χ1) is 9.61. The predicted octanol–water partition coefficient (Wildman–Crippen LogP) is 1.87. The molecule has 20 heavy (non-hydrogen) atoms. The van der Waals surface area contributed by atoms with Gasteiger partial charge in [-0.05, 0) is 18.1 Å². The van der Waals surface area contributed by atoms with E-state index in [1.54, 1.807) is 25.4 Å². The first-order valence-electron chi connectivity index (χ1n) is 6.43. The van der Waals surface area contributed by atoms with Crippen molar-refractivity contribution in [3.05, 3.63) is 41.3 Å². The zero-order valence-corrected chi connectivity index (χ0v) is 11.8. The third kappa shape index (κ3) is 3.14. The van der Waals surface area contributed by atoms with E-state index in [4.69, 9.17) is 4.74 Å². The third-order valence-electron chi connectivity index (χ3n) is 2.94. The summed E-state index contributed by atoms with van der Waals surface area (Å²) in [5.74, 6) is 0.597. The van der Waals surface area contributed by atoms with E-state index in [0.717, 1.165) is 11.3 Å². The SMILES string of the molecule is COc1ncccc1CNC(=O)c1cc(C(C)C)[nH]n1. The highest BCUT2D eigenvalue weighted by Crippen LogP contribution is 2.14. The van der Waals surface area contributed by atoms with Crippen LogP contribution in [0.1, 0.15) is 41.5 Å². The molecule has 0 aliphatic rings. The molecule has 106 valence electrons. The zero-order chi connectivity index (χ0) is 14.5. The van der Waals surface area contributed by atoms with Crippen molar-refractivity contribution < 1.29 is 9.53 Å². The van der Waals surface area contributed by atoms with Crippen LogP contribution in [0, 0.1) is 0 Å². The molecule has 0 aliphatic carbocycles. The van der Waals surface area contributed by atoms with Gasteiger partial charge in [0.2, 0.25) is 5.88 Å². The maximum Gasteiger partial charge on any atom is 0.272 e. The number of rotatable bonds is 5. The van der Waals surface area contributed by atoms with Crippen molar-refractivity contribution in [2.24, 2.45) is 0 Å². The summed E-state index contributed by atoms with van der Waals surface area (Å²) in [7, 11) is 1.55. The van der Waals surface area contributed by atoms with Gasteiger partial charge in [-0.25, -0.2) is 4.98 Å². The molecule has 2 heterocycles. The zero-order valence-electron chi connectivity index (χ0n) is 11.8. The Labute approximate surface area is 117 Å². The van der Waals surface area contributed by atoms with Gasteiger partial charge in [0.25, 0.3) is 5.91 Å². The van der Waals surface area contributed by atoms with Crippen molar-refractivity contribution in [2.75, 3.05) is 7.11 Å². The average Bonchev–Trinajstić information content (AvgIpc) is 2.95. The van der Waals surface area contributed by atoms with Crippen LogP contribution in [0.5, 0.6) is 5.88 Å². The van der Waals surface area contributed by atoms with Crippen LogP contribution in [-0.2, 0) is 6.54 Å². The number of ether oxygens (including phenoxy) is 1. The number of aromatic nitrogens is 3. The molecule has 6 nitrogen and oxygen atoms in total. The minimum atomic E-state index is -0.223. The molecule has 2 aromatic heterocycles. The summed E-state index contributed by atoms with van der Waals surface area (Å²) < 4.78 is 5.13. The number of aromatic amines is 1. The largest absolute Gasteiger partial charge is 0.481 e. The second-order valence-electron chi connectivity index (χ2n) is 4.72. The maximum absolute atomic E-state index is 12.0. The molecule has 0 saturated carbocycles. The summed E-state index contributed by atoms with van der Waals surface area (Å²) in [6.45, 7) is 4.42. The van der Waals surface area contributed by atoms with E-state index in [0.29, 0.717) is 24.0 Å². The smallest absolute Gasteiger partial charge is 0.272 e. The number of pyridine rings is 1. The molecule has 2 rings (SSSR count). The van der Waals surface area contributed by atoms with Gasteiger partial charge >= 0.3 is 0 Å². The highest BCUT2D eigenvalue weighted by molar-refractivity contribution is 5.92. The van der Waals surface area contributed by atoms with Gasteiger partial charge in [-0.2, -0.15) is 5.10 Å². The number of amides is 1. The Hall–Kier alpha value is -2.37. The Morgan fingerprint density at radius 1 is 1.50 bits per heavy atom. The van der Waals surface area contributed by atoms with Crippen molar-refractivity contribution >= 4 is 5.91 Å². The molecule has 0 bridgehead atoms. The van der Waals surface area contributed by atoms with Crippen molar-refractivity contribution in [1.82, 2.24) is 20.5 Å². The fraction of sp³-hybridized carbons (Fsp3) is 0.357. The Kier molecular flexibility index (Phi) is 4.34. The molecule has 0 aliphatic heterocycles. The lowest BCUT2D eigenvalue weighted by Gasteiger charge is -2.07. The van der Waals surface area contributed by atoms with Crippen LogP contribution in [0.15, 0.2) is 24.4 Å². The van der Waals surface area contributed by atoms with Crippen LogP contribution in [-0.4, -0.2) is 28.2 Å². The van der Waals surface area contributed by atoms with Crippen LogP contribution in [0.2, 0.25) is 0 Å². The molecule has 0 atom stereocenters. The number of nitrogens with zero attached hydrogens (tertiary/aromatic N) is 2. The second kappa shape index (κ2) is 6.18. The summed E-state index contributed by atoms with van der Waals surface area (Å²) in [6, 6.07) is 5.42. The fourth-order valence-corrected chi connectivity index (χ4v) is 1.76. The summed E-state index contributed by atoms with van der Waals surface area (Å²) in [6.07, 6.45) is 1.65. The molecule has 1 amide bonds. The Morgan fingerprint density at radius 2 is 2.30 bits per heavy atom. The number of methoxy groups -OCH3 is 1. The molecule has 0 fully saturated rings. The van der Waals surface area contributed by atoms with E-state index < -0.39 is 0 Å². The average molecular weight is 274 g/mol. The van der Waals surface area contributed by atoms with Gasteiger partial charge in [0.15, 0.2) is 0 Å². The van der Waals surface area contributed by atoms with E-state index in [-0.39, 0.29) is 5.91 Å². The number of nitrogens with one attached hydrogen (secondary N) is 2. The first-order valence-corrected chi connectivity index (χ1v) is 6.43. The standard InChI is InChI=1S/C14H18N4O2/c1-9(2)11-7-12(18-17-11)13(19)16-8-10-5-4-6-15-14(10)20-3/h4-7,9H,8H2,1-3H3,(H,16,19)(H,17,18). The normalized spacial score (nSPS) is 10.6. The molecule has 0 saturated heterocycles. The molecule has 0 radical (unpaired) electrons. The van der Waals surface area contributed by atoms with Crippen LogP contribution >= 0.6 is 0 Å². The second-order valence-corrected chi connectivity index (χ2v) is 4.72. The minimum absolute atomic E-state index is 0.223. The van der Waals surface area contributed by atoms with Crippen LogP contribution < -0.4 is 10.1 Å². The van der Waals surface area contributed by atoms with Crippen molar-refractivity contribution in [2.45, 2.75) is 26.3 Å². The lowest BCUT2D eigenvalue weighted by atomic mass is 10.1. The summed E-state index contributed by atoms with van der Waals surface area (Å²) in [5.41, 5.74) is 2.15. The van der Waals surface area contributed by atoms with Crippen LogP contribution in [0.25, 0.3) is 0 Å². The number of hydrogen-bond acceptors (Lipinski definition) is 4. The van der Waals surface area contributed by atoms with Gasteiger partial charge in [0.05, 0.1) is 7.11 Å². The lowest BCUT2D eigenvalue weighted by Crippen LogP contribution is -2.23. The van der Waals surface area contributed by atoms with Crippen molar-refractivity contribution in [3.63, 3.8) is 0 Å². The molecule has 0 unspecified atom stereocenters. The Balaban J connectivity index is 2.01. The molecular formula is C14H18N4O2. The highest BCUT2D eigenvalue weighted by Gasteiger charge is 2.12. The number of carbonyl (C=O) groups is 1. The van der Waals surface area contributed by atoms with Gasteiger partial charge in [-0.15, -0.1) is 0 Å². The molecule has 6 heteroatoms. The fourth-order valence-electron chi connectivity index (χ4n) is 1.76. The Morgan fingerprint density at radius 3 is 2.95 bits per heavy atom. The molecule has 2 aromatic rings.